The van der Waals surface area contributed by atoms with E-state index in [2.05, 4.69) is 41.6 Å². The van der Waals surface area contributed by atoms with Gasteiger partial charge in [0.2, 0.25) is 0 Å². The number of hydrogen-bond donors (Lipinski definition) is 2. The van der Waals surface area contributed by atoms with Gasteiger partial charge in [-0.25, -0.2) is 4.98 Å². The summed E-state index contributed by atoms with van der Waals surface area (Å²) >= 11 is 0. The lowest BCUT2D eigenvalue weighted by Crippen LogP contribution is -2.22. The van der Waals surface area contributed by atoms with Crippen molar-refractivity contribution in [1.82, 2.24) is 10.3 Å². The van der Waals surface area contributed by atoms with Crippen LogP contribution >= 0.6 is 0 Å². The highest BCUT2D eigenvalue weighted by Crippen LogP contribution is 2.23. The third-order valence-electron chi connectivity index (χ3n) is 2.43. The minimum absolute atomic E-state index is 0.506. The summed E-state index contributed by atoms with van der Waals surface area (Å²) in [6.45, 7) is 5.14. The molecule has 1 heterocycles. The van der Waals surface area contributed by atoms with Crippen LogP contribution in [0.25, 0.3) is 0 Å². The largest absolute Gasteiger partial charge is 0.367 e. The standard InChI is InChI=1S/C12H19N3/c1-9(2)13-8-11-4-3-5-12(15-11)14-10-6-7-10/h3-5,9-10,13H,6-8H2,1-2H3,(H,14,15). The molecule has 1 fully saturated rings. The first kappa shape index (κ1) is 10.4. The first-order valence-corrected chi connectivity index (χ1v) is 5.70. The van der Waals surface area contributed by atoms with Crippen LogP contribution in [-0.2, 0) is 6.54 Å². The monoisotopic (exact) mass is 205 g/mol. The van der Waals surface area contributed by atoms with Crippen LogP contribution < -0.4 is 10.6 Å². The molecule has 82 valence electrons. The minimum Gasteiger partial charge on any atom is -0.367 e. The average Bonchev–Trinajstić information content (AvgIpc) is 2.99. The van der Waals surface area contributed by atoms with E-state index in [9.17, 15) is 0 Å². The molecule has 1 aliphatic carbocycles. The van der Waals surface area contributed by atoms with E-state index in [1.54, 1.807) is 0 Å². The van der Waals surface area contributed by atoms with Gasteiger partial charge in [0.1, 0.15) is 5.82 Å². The molecule has 1 aromatic heterocycles. The van der Waals surface area contributed by atoms with Crippen LogP contribution in [0.1, 0.15) is 32.4 Å². The van der Waals surface area contributed by atoms with E-state index in [1.807, 2.05) is 6.07 Å². The summed E-state index contributed by atoms with van der Waals surface area (Å²) in [7, 11) is 0. The van der Waals surface area contributed by atoms with Crippen molar-refractivity contribution in [3.63, 3.8) is 0 Å². The van der Waals surface area contributed by atoms with Crippen molar-refractivity contribution in [1.29, 1.82) is 0 Å². The van der Waals surface area contributed by atoms with Gasteiger partial charge < -0.3 is 10.6 Å². The lowest BCUT2D eigenvalue weighted by Gasteiger charge is -2.09. The SMILES string of the molecule is CC(C)NCc1cccc(NC2CC2)n1. The molecule has 0 unspecified atom stereocenters. The molecule has 0 spiro atoms. The topological polar surface area (TPSA) is 37.0 Å². The second kappa shape index (κ2) is 4.62. The van der Waals surface area contributed by atoms with Gasteiger partial charge in [0.05, 0.1) is 5.69 Å². The maximum atomic E-state index is 4.55. The van der Waals surface area contributed by atoms with Crippen LogP contribution in [0.5, 0.6) is 0 Å². The quantitative estimate of drug-likeness (QED) is 0.773. The normalized spacial score (nSPS) is 15.7. The van der Waals surface area contributed by atoms with Gasteiger partial charge in [0.25, 0.3) is 0 Å². The average molecular weight is 205 g/mol. The van der Waals surface area contributed by atoms with Crippen LogP contribution in [0.3, 0.4) is 0 Å². The van der Waals surface area contributed by atoms with Crippen molar-refractivity contribution in [2.24, 2.45) is 0 Å². The Morgan fingerprint density at radius 2 is 2.20 bits per heavy atom. The summed E-state index contributed by atoms with van der Waals surface area (Å²) in [4.78, 5) is 4.55. The van der Waals surface area contributed by atoms with Crippen molar-refractivity contribution < 1.29 is 0 Å². The molecule has 0 aromatic carbocycles. The second-order valence-corrected chi connectivity index (χ2v) is 4.47. The number of nitrogens with zero attached hydrogens (tertiary/aromatic N) is 1. The van der Waals surface area contributed by atoms with E-state index in [0.717, 1.165) is 18.1 Å². The Balaban J connectivity index is 1.92. The molecule has 2 rings (SSSR count). The van der Waals surface area contributed by atoms with E-state index < -0.39 is 0 Å². The fraction of sp³-hybridized carbons (Fsp3) is 0.583. The van der Waals surface area contributed by atoms with E-state index >= 15 is 0 Å². The zero-order valence-corrected chi connectivity index (χ0v) is 9.46. The summed E-state index contributed by atoms with van der Waals surface area (Å²) in [5.41, 5.74) is 1.11. The Bertz CT molecular complexity index is 318. The molecule has 3 heteroatoms. The molecule has 0 amide bonds. The van der Waals surface area contributed by atoms with E-state index in [0.29, 0.717) is 12.1 Å². The number of rotatable bonds is 5. The van der Waals surface area contributed by atoms with Crippen molar-refractivity contribution in [3.8, 4) is 0 Å². The number of aromatic nitrogens is 1. The second-order valence-electron chi connectivity index (χ2n) is 4.47. The van der Waals surface area contributed by atoms with Gasteiger partial charge in [-0.1, -0.05) is 19.9 Å². The maximum absolute atomic E-state index is 4.55. The Morgan fingerprint density at radius 1 is 1.40 bits per heavy atom. The number of hydrogen-bond acceptors (Lipinski definition) is 3. The Labute approximate surface area is 91.3 Å². The first-order valence-electron chi connectivity index (χ1n) is 5.70. The summed E-state index contributed by atoms with van der Waals surface area (Å²) in [6, 6.07) is 7.34. The molecule has 1 saturated carbocycles. The fourth-order valence-corrected chi connectivity index (χ4v) is 1.40. The molecule has 0 radical (unpaired) electrons. The maximum Gasteiger partial charge on any atom is 0.126 e. The molecule has 2 N–H and O–H groups in total. The zero-order chi connectivity index (χ0) is 10.7. The molecule has 3 nitrogen and oxygen atoms in total. The van der Waals surface area contributed by atoms with Gasteiger partial charge in [-0.3, -0.25) is 0 Å². The first-order chi connectivity index (χ1) is 7.24. The predicted molar refractivity (Wildman–Crippen MR) is 62.9 cm³/mol. The Kier molecular flexibility index (Phi) is 3.21. The number of anilines is 1. The van der Waals surface area contributed by atoms with E-state index in [4.69, 9.17) is 0 Å². The highest BCUT2D eigenvalue weighted by atomic mass is 15.0. The molecular weight excluding hydrogens is 186 g/mol. The zero-order valence-electron chi connectivity index (χ0n) is 9.46. The van der Waals surface area contributed by atoms with E-state index in [-0.39, 0.29) is 0 Å². The summed E-state index contributed by atoms with van der Waals surface area (Å²) in [5, 5.41) is 6.77. The van der Waals surface area contributed by atoms with Crippen LogP contribution in [0.2, 0.25) is 0 Å². The van der Waals surface area contributed by atoms with Crippen LogP contribution in [0, 0.1) is 0 Å². The smallest absolute Gasteiger partial charge is 0.126 e. The van der Waals surface area contributed by atoms with E-state index in [1.165, 1.54) is 12.8 Å². The highest BCUT2D eigenvalue weighted by molar-refractivity contribution is 5.37. The number of nitrogens with one attached hydrogen (secondary N) is 2. The number of pyridine rings is 1. The predicted octanol–water partition coefficient (Wildman–Crippen LogP) is 2.15. The molecule has 0 atom stereocenters. The highest BCUT2D eigenvalue weighted by Gasteiger charge is 2.21. The van der Waals surface area contributed by atoms with Crippen LogP contribution in [0.15, 0.2) is 18.2 Å². The van der Waals surface area contributed by atoms with Crippen LogP contribution in [0.4, 0.5) is 5.82 Å². The Morgan fingerprint density at radius 3 is 2.87 bits per heavy atom. The molecular formula is C12H19N3. The molecule has 0 bridgehead atoms. The molecule has 0 saturated heterocycles. The summed E-state index contributed by atoms with van der Waals surface area (Å²) in [6.07, 6.45) is 2.58. The Hall–Kier alpha value is -1.09. The van der Waals surface area contributed by atoms with Gasteiger partial charge in [-0.2, -0.15) is 0 Å². The van der Waals surface area contributed by atoms with Crippen molar-refractivity contribution in [3.05, 3.63) is 23.9 Å². The lowest BCUT2D eigenvalue weighted by atomic mass is 10.3. The molecule has 1 aromatic rings. The third kappa shape index (κ3) is 3.51. The molecule has 1 aliphatic rings. The van der Waals surface area contributed by atoms with Crippen molar-refractivity contribution in [2.75, 3.05) is 5.32 Å². The van der Waals surface area contributed by atoms with Gasteiger partial charge in [0.15, 0.2) is 0 Å². The van der Waals surface area contributed by atoms with Gasteiger partial charge in [-0.15, -0.1) is 0 Å². The fourth-order valence-electron chi connectivity index (χ4n) is 1.40. The third-order valence-corrected chi connectivity index (χ3v) is 2.43. The minimum atomic E-state index is 0.506. The summed E-state index contributed by atoms with van der Waals surface area (Å²) < 4.78 is 0. The molecule has 15 heavy (non-hydrogen) atoms. The summed E-state index contributed by atoms with van der Waals surface area (Å²) in [5.74, 6) is 1.01. The van der Waals surface area contributed by atoms with Gasteiger partial charge in [0, 0.05) is 18.6 Å². The van der Waals surface area contributed by atoms with Gasteiger partial charge >= 0.3 is 0 Å². The molecule has 0 aliphatic heterocycles. The van der Waals surface area contributed by atoms with Crippen LogP contribution in [-0.4, -0.2) is 17.1 Å². The lowest BCUT2D eigenvalue weighted by molar-refractivity contribution is 0.582. The van der Waals surface area contributed by atoms with Gasteiger partial charge in [-0.05, 0) is 25.0 Å². The van der Waals surface area contributed by atoms with Crippen molar-refractivity contribution >= 4 is 5.82 Å². The van der Waals surface area contributed by atoms with Crippen molar-refractivity contribution in [2.45, 2.75) is 45.3 Å².